The van der Waals surface area contributed by atoms with Gasteiger partial charge in [-0.15, -0.1) is 0 Å². The zero-order valence-corrected chi connectivity index (χ0v) is 23.5. The number of nitrogens with one attached hydrogen (secondary N) is 3. The van der Waals surface area contributed by atoms with E-state index in [0.29, 0.717) is 30.1 Å². The smallest absolute Gasteiger partial charge is 0.408 e. The summed E-state index contributed by atoms with van der Waals surface area (Å²) in [6, 6.07) is 15.4. The van der Waals surface area contributed by atoms with Crippen molar-refractivity contribution in [2.24, 2.45) is 0 Å². The van der Waals surface area contributed by atoms with Gasteiger partial charge in [-0.1, -0.05) is 54.6 Å². The lowest BCUT2D eigenvalue weighted by Gasteiger charge is -2.19. The lowest BCUT2D eigenvalue weighted by atomic mass is 10.1. The predicted molar refractivity (Wildman–Crippen MR) is 153 cm³/mol. The van der Waals surface area contributed by atoms with Crippen LogP contribution >= 0.6 is 0 Å². The number of aliphatic carboxylic acids is 1. The van der Waals surface area contributed by atoms with Crippen molar-refractivity contribution in [2.75, 3.05) is 5.32 Å². The van der Waals surface area contributed by atoms with Crippen LogP contribution in [0.1, 0.15) is 37.5 Å². The lowest BCUT2D eigenvalue weighted by Crippen LogP contribution is -2.43. The molecule has 13 heteroatoms. The maximum absolute atomic E-state index is 12.3. The van der Waals surface area contributed by atoms with Crippen LogP contribution < -0.4 is 16.0 Å². The number of carboxylic acid groups (broad SMARTS) is 1. The summed E-state index contributed by atoms with van der Waals surface area (Å²) >= 11 is 0. The Bertz CT molecular complexity index is 1530. The average Bonchev–Trinajstić information content (AvgIpc) is 3.36. The third kappa shape index (κ3) is 8.65. The van der Waals surface area contributed by atoms with Crippen LogP contribution in [0.2, 0.25) is 0 Å². The van der Waals surface area contributed by atoms with E-state index in [1.807, 2.05) is 42.5 Å². The van der Waals surface area contributed by atoms with Crippen molar-refractivity contribution >= 4 is 35.1 Å². The van der Waals surface area contributed by atoms with Crippen LogP contribution in [0.5, 0.6) is 0 Å². The van der Waals surface area contributed by atoms with E-state index in [-0.39, 0.29) is 13.2 Å². The zero-order chi connectivity index (χ0) is 30.1. The minimum Gasteiger partial charge on any atom is -0.480 e. The molecule has 2 aromatic heterocycles. The summed E-state index contributed by atoms with van der Waals surface area (Å²) in [7, 11) is 0. The Hall–Kier alpha value is -5.20. The predicted octanol–water partition coefficient (Wildman–Crippen LogP) is 3.84. The van der Waals surface area contributed by atoms with Crippen molar-refractivity contribution in [1.82, 2.24) is 30.2 Å². The fourth-order valence-corrected chi connectivity index (χ4v) is 3.96. The van der Waals surface area contributed by atoms with Crippen molar-refractivity contribution in [3.63, 3.8) is 0 Å². The van der Waals surface area contributed by atoms with Crippen molar-refractivity contribution in [3.05, 3.63) is 83.9 Å². The van der Waals surface area contributed by atoms with Crippen LogP contribution in [0.4, 0.5) is 15.4 Å². The molecule has 220 valence electrons. The zero-order valence-electron chi connectivity index (χ0n) is 23.5. The number of carbonyl (C=O) groups excluding carboxylic acids is 2. The fraction of sp³-hybridized carbons (Fsp3) is 0.310. The van der Waals surface area contributed by atoms with E-state index >= 15 is 0 Å². The lowest BCUT2D eigenvalue weighted by molar-refractivity contribution is -0.139. The summed E-state index contributed by atoms with van der Waals surface area (Å²) in [5, 5.41) is 18.1. The number of imidazole rings is 1. The van der Waals surface area contributed by atoms with Crippen LogP contribution in [0.15, 0.2) is 67.3 Å². The topological polar surface area (TPSA) is 170 Å². The van der Waals surface area contributed by atoms with Crippen molar-refractivity contribution in [2.45, 2.75) is 58.7 Å². The second-order valence-electron chi connectivity index (χ2n) is 10.4. The van der Waals surface area contributed by atoms with Gasteiger partial charge in [-0.3, -0.25) is 0 Å². The normalized spacial score (nSPS) is 11.9. The first-order chi connectivity index (χ1) is 20.1. The second kappa shape index (κ2) is 13.4. The molecule has 0 aliphatic rings. The molecule has 42 heavy (non-hydrogen) atoms. The van der Waals surface area contributed by atoms with Crippen molar-refractivity contribution < 1.29 is 29.0 Å². The molecule has 0 radical (unpaired) electrons. The largest absolute Gasteiger partial charge is 0.480 e. The molecule has 1 unspecified atom stereocenters. The van der Waals surface area contributed by atoms with E-state index < -0.39 is 29.8 Å². The molecule has 2 heterocycles. The van der Waals surface area contributed by atoms with Gasteiger partial charge in [-0.2, -0.15) is 0 Å². The van der Waals surface area contributed by atoms with Crippen LogP contribution in [0, 0.1) is 0 Å². The number of anilines is 1. The number of ether oxygens (including phenoxy) is 2. The highest BCUT2D eigenvalue weighted by molar-refractivity contribution is 5.83. The number of benzene rings is 2. The van der Waals surface area contributed by atoms with Crippen LogP contribution in [-0.4, -0.2) is 54.4 Å². The van der Waals surface area contributed by atoms with Crippen LogP contribution in [0.25, 0.3) is 11.2 Å². The maximum Gasteiger partial charge on any atom is 0.408 e. The van der Waals surface area contributed by atoms with Crippen molar-refractivity contribution in [3.8, 4) is 0 Å². The summed E-state index contributed by atoms with van der Waals surface area (Å²) in [5.74, 6) is -0.778. The number of carbonyl (C=O) groups is 3. The van der Waals surface area contributed by atoms with Gasteiger partial charge in [0.05, 0.1) is 12.9 Å². The number of hydrogen-bond acceptors (Lipinski definition) is 9. The summed E-state index contributed by atoms with van der Waals surface area (Å²) in [4.78, 5) is 49.0. The standard InChI is InChI=1S/C29H33N7O6/c1-29(2,3)42-27(39)31-14-21-11-7-10-20(12-21)13-30-24-23-25(33-17-32-24)36(18-34-23)15-22(26(37)38)35-28(40)41-16-19-8-5-4-6-9-19/h4-12,17-18,22H,13-16H2,1-3H3,(H,31,39)(H,35,40)(H,37,38)(H,30,32,33). The Morgan fingerprint density at radius 1 is 0.929 bits per heavy atom. The number of hydrogen-bond donors (Lipinski definition) is 4. The monoisotopic (exact) mass is 575 g/mol. The highest BCUT2D eigenvalue weighted by Crippen LogP contribution is 2.19. The third-order valence-electron chi connectivity index (χ3n) is 5.87. The Labute approximate surface area is 242 Å². The number of alkyl carbamates (subject to hydrolysis) is 2. The van der Waals surface area contributed by atoms with E-state index in [9.17, 15) is 19.5 Å². The third-order valence-corrected chi connectivity index (χ3v) is 5.87. The SMILES string of the molecule is CC(C)(C)OC(=O)NCc1cccc(CNc2ncnc3c2ncn3CC(NC(=O)OCc2ccccc2)C(=O)O)c1. The van der Waals surface area contributed by atoms with Gasteiger partial charge in [0.15, 0.2) is 11.5 Å². The molecular weight excluding hydrogens is 542 g/mol. The summed E-state index contributed by atoms with van der Waals surface area (Å²) in [6.45, 7) is 6.01. The highest BCUT2D eigenvalue weighted by atomic mass is 16.6. The minimum absolute atomic E-state index is 0.0123. The molecule has 4 aromatic rings. The van der Waals surface area contributed by atoms with E-state index in [0.717, 1.165) is 16.7 Å². The number of nitrogens with zero attached hydrogens (tertiary/aromatic N) is 4. The van der Waals surface area contributed by atoms with Gasteiger partial charge in [0.1, 0.15) is 30.1 Å². The molecule has 0 bridgehead atoms. The number of rotatable bonds is 11. The first-order valence-electron chi connectivity index (χ1n) is 13.2. The molecule has 0 fully saturated rings. The van der Waals surface area contributed by atoms with Gasteiger partial charge >= 0.3 is 18.2 Å². The summed E-state index contributed by atoms with van der Waals surface area (Å²) < 4.78 is 12.0. The molecule has 1 atom stereocenters. The molecule has 13 nitrogen and oxygen atoms in total. The molecule has 0 saturated heterocycles. The average molecular weight is 576 g/mol. The maximum atomic E-state index is 12.3. The fourth-order valence-electron chi connectivity index (χ4n) is 3.96. The van der Waals surface area contributed by atoms with E-state index in [2.05, 4.69) is 30.9 Å². The molecule has 0 aliphatic carbocycles. The Balaban J connectivity index is 1.36. The molecule has 0 spiro atoms. The molecule has 0 saturated carbocycles. The number of aromatic nitrogens is 4. The van der Waals surface area contributed by atoms with E-state index in [4.69, 9.17) is 9.47 Å². The number of carboxylic acids is 1. The quantitative estimate of drug-likeness (QED) is 0.206. The molecular formula is C29H33N7O6. The summed E-state index contributed by atoms with van der Waals surface area (Å²) in [6.07, 6.45) is 1.45. The Kier molecular flexibility index (Phi) is 9.53. The van der Waals surface area contributed by atoms with Crippen molar-refractivity contribution in [1.29, 1.82) is 0 Å². The second-order valence-corrected chi connectivity index (χ2v) is 10.4. The van der Waals surface area contributed by atoms with Gasteiger partial charge < -0.3 is 35.1 Å². The Morgan fingerprint density at radius 2 is 1.64 bits per heavy atom. The van der Waals surface area contributed by atoms with Crippen LogP contribution in [0.3, 0.4) is 0 Å². The first kappa shape index (κ1) is 29.8. The minimum atomic E-state index is -1.28. The molecule has 4 rings (SSSR count). The Morgan fingerprint density at radius 3 is 2.36 bits per heavy atom. The highest BCUT2D eigenvalue weighted by Gasteiger charge is 2.23. The molecule has 4 N–H and O–H groups in total. The first-order valence-corrected chi connectivity index (χ1v) is 13.2. The van der Waals surface area contributed by atoms with E-state index in [1.165, 1.54) is 17.2 Å². The number of fused-ring (bicyclic) bond motifs is 1. The van der Waals surface area contributed by atoms with Gasteiger partial charge in [-0.25, -0.2) is 29.3 Å². The van der Waals surface area contributed by atoms with Crippen LogP contribution in [-0.2, 0) is 40.5 Å². The van der Waals surface area contributed by atoms with Gasteiger partial charge in [0, 0.05) is 13.1 Å². The van der Waals surface area contributed by atoms with Gasteiger partial charge in [0.2, 0.25) is 0 Å². The summed E-state index contributed by atoms with van der Waals surface area (Å²) in [5.41, 5.74) is 2.87. The molecule has 2 amide bonds. The van der Waals surface area contributed by atoms with Gasteiger partial charge in [0.25, 0.3) is 0 Å². The molecule has 0 aliphatic heterocycles. The van der Waals surface area contributed by atoms with Gasteiger partial charge in [-0.05, 0) is 37.5 Å². The molecule has 2 aromatic carbocycles. The van der Waals surface area contributed by atoms with E-state index in [1.54, 1.807) is 32.9 Å². The number of amides is 2.